The van der Waals surface area contributed by atoms with Crippen LogP contribution in [0.1, 0.15) is 63.0 Å². The molecule has 3 heterocycles. The highest BCUT2D eigenvalue weighted by Gasteiger charge is 2.47. The molecule has 1 aliphatic carbocycles. The van der Waals surface area contributed by atoms with Gasteiger partial charge in [0, 0.05) is 44.9 Å². The van der Waals surface area contributed by atoms with E-state index in [9.17, 15) is 14.4 Å². The minimum Gasteiger partial charge on any atom is -0.370 e. The number of pyridine rings is 1. The molecule has 2 aliphatic heterocycles. The van der Waals surface area contributed by atoms with E-state index in [-0.39, 0.29) is 34.9 Å². The molecule has 1 spiro atoms. The van der Waals surface area contributed by atoms with E-state index in [1.807, 2.05) is 70.3 Å². The fraction of sp³-hybridized carbons (Fsp3) is 0.457. The topological polar surface area (TPSA) is 88.6 Å². The fourth-order valence-corrected chi connectivity index (χ4v) is 7.92. The number of likely N-dealkylation sites (tertiary alicyclic amines) is 2. The van der Waals surface area contributed by atoms with Crippen LogP contribution in [0.4, 0.5) is 4.79 Å². The van der Waals surface area contributed by atoms with Crippen LogP contribution in [0.3, 0.4) is 0 Å². The van der Waals surface area contributed by atoms with Crippen LogP contribution in [0, 0.1) is 17.3 Å². The van der Waals surface area contributed by atoms with Gasteiger partial charge in [-0.3, -0.25) is 9.59 Å². The van der Waals surface area contributed by atoms with Crippen LogP contribution in [0.5, 0.6) is 0 Å². The summed E-state index contributed by atoms with van der Waals surface area (Å²) in [6.45, 7) is 2.77. The van der Waals surface area contributed by atoms with Gasteiger partial charge in [-0.25, -0.2) is 4.79 Å². The number of amides is 3. The minimum absolute atomic E-state index is 0.0348. The number of piperidine rings is 2. The summed E-state index contributed by atoms with van der Waals surface area (Å²) in [4.78, 5) is 43.2. The number of rotatable bonds is 6. The summed E-state index contributed by atoms with van der Waals surface area (Å²) in [7, 11) is 0. The van der Waals surface area contributed by atoms with E-state index in [1.165, 1.54) is 12.8 Å². The van der Waals surface area contributed by atoms with Crippen LogP contribution < -0.4 is 11.3 Å². The Morgan fingerprint density at radius 3 is 2.29 bits per heavy atom. The van der Waals surface area contributed by atoms with Crippen LogP contribution in [-0.4, -0.2) is 45.9 Å². The number of benzene rings is 2. The van der Waals surface area contributed by atoms with E-state index >= 15 is 0 Å². The maximum Gasteiger partial charge on any atom is 0.320 e. The monoisotopic (exact) mass is 566 g/mol. The molecule has 0 radical (unpaired) electrons. The predicted molar refractivity (Wildman–Crippen MR) is 165 cm³/mol. The van der Waals surface area contributed by atoms with Gasteiger partial charge in [0.25, 0.3) is 5.56 Å². The molecule has 6 rings (SSSR count). The van der Waals surface area contributed by atoms with Crippen LogP contribution in [-0.2, 0) is 11.3 Å². The van der Waals surface area contributed by atoms with Gasteiger partial charge in [-0.1, -0.05) is 73.5 Å². The molecule has 3 aliphatic rings. The summed E-state index contributed by atoms with van der Waals surface area (Å²) in [6, 6.07) is 24.1. The molecule has 7 nitrogen and oxygen atoms in total. The molecule has 3 atom stereocenters. The van der Waals surface area contributed by atoms with Gasteiger partial charge in [-0.05, 0) is 72.1 Å². The molecule has 2 N–H and O–H groups in total. The van der Waals surface area contributed by atoms with Crippen LogP contribution >= 0.6 is 0 Å². The van der Waals surface area contributed by atoms with Crippen LogP contribution in [0.25, 0.3) is 11.1 Å². The molecule has 3 amide bonds. The summed E-state index contributed by atoms with van der Waals surface area (Å²) in [5, 5.41) is 0. The van der Waals surface area contributed by atoms with Crippen molar-refractivity contribution in [3.63, 3.8) is 0 Å². The van der Waals surface area contributed by atoms with Gasteiger partial charge in [-0.2, -0.15) is 0 Å². The van der Waals surface area contributed by atoms with E-state index in [0.717, 1.165) is 55.3 Å². The maximum absolute atomic E-state index is 14.2. The van der Waals surface area contributed by atoms with E-state index in [0.29, 0.717) is 32.0 Å². The Morgan fingerprint density at radius 2 is 1.60 bits per heavy atom. The van der Waals surface area contributed by atoms with Crippen molar-refractivity contribution in [3.05, 3.63) is 94.9 Å². The molecule has 2 aromatic carbocycles. The fourth-order valence-electron chi connectivity index (χ4n) is 7.92. The van der Waals surface area contributed by atoms with Crippen molar-refractivity contribution in [2.75, 3.05) is 19.6 Å². The first kappa shape index (κ1) is 28.3. The molecule has 2 saturated heterocycles. The third-order valence-corrected chi connectivity index (χ3v) is 10.1. The van der Waals surface area contributed by atoms with E-state index < -0.39 is 0 Å². The summed E-state index contributed by atoms with van der Waals surface area (Å²) in [5.41, 5.74) is 8.73. The standard InChI is InChI=1S/C35H42N4O3/c36-32(40)22-26-13-20-39(31(21-26)28-11-5-2-6-12-28)34(42)38-19-15-30(35(25-38)16-7-8-17-35)24-37-18-14-29(23-33(37)41)27-9-3-1-4-10-27/h1-6,9-12,14,18,23,26,30-31H,7-8,13,15-17,19-22,24-25H2,(H2,36,40)/t26-,30?,31+/m1/s1. The zero-order chi connectivity index (χ0) is 29.1. The Bertz CT molecular complexity index is 1450. The van der Waals surface area contributed by atoms with Crippen molar-refractivity contribution in [1.29, 1.82) is 0 Å². The number of nitrogens with zero attached hydrogens (tertiary/aromatic N) is 3. The van der Waals surface area contributed by atoms with E-state index in [4.69, 9.17) is 5.73 Å². The lowest BCUT2D eigenvalue weighted by molar-refractivity contribution is -0.119. The van der Waals surface area contributed by atoms with Crippen molar-refractivity contribution in [3.8, 4) is 11.1 Å². The third kappa shape index (κ3) is 5.87. The van der Waals surface area contributed by atoms with Crippen molar-refractivity contribution < 1.29 is 9.59 Å². The number of hydrogen-bond donors (Lipinski definition) is 1. The number of urea groups is 1. The molecule has 7 heteroatoms. The average Bonchev–Trinajstić information content (AvgIpc) is 3.48. The molecule has 0 bridgehead atoms. The predicted octanol–water partition coefficient (Wildman–Crippen LogP) is 5.85. The summed E-state index contributed by atoms with van der Waals surface area (Å²) in [6.07, 6.45) is 9.30. The lowest BCUT2D eigenvalue weighted by Crippen LogP contribution is -2.56. The van der Waals surface area contributed by atoms with Gasteiger partial charge in [0.1, 0.15) is 0 Å². The first-order valence-electron chi connectivity index (χ1n) is 15.6. The van der Waals surface area contributed by atoms with E-state index in [2.05, 4.69) is 17.0 Å². The molecule has 3 fully saturated rings. The number of carbonyl (C=O) groups excluding carboxylic acids is 2. The van der Waals surface area contributed by atoms with Gasteiger partial charge < -0.3 is 20.1 Å². The van der Waals surface area contributed by atoms with Gasteiger partial charge in [0.05, 0.1) is 6.04 Å². The normalized spacial score (nSPS) is 23.7. The van der Waals surface area contributed by atoms with E-state index in [1.54, 1.807) is 6.07 Å². The quantitative estimate of drug-likeness (QED) is 0.406. The number of carbonyl (C=O) groups is 2. The van der Waals surface area contributed by atoms with Gasteiger partial charge in [0.15, 0.2) is 0 Å². The highest BCUT2D eigenvalue weighted by molar-refractivity contribution is 5.76. The molecule has 1 aromatic heterocycles. The Morgan fingerprint density at radius 1 is 0.881 bits per heavy atom. The second-order valence-corrected chi connectivity index (χ2v) is 12.7. The van der Waals surface area contributed by atoms with Gasteiger partial charge in [-0.15, -0.1) is 0 Å². The maximum atomic E-state index is 14.2. The summed E-state index contributed by atoms with van der Waals surface area (Å²) in [5.74, 6) is 0.274. The second-order valence-electron chi connectivity index (χ2n) is 12.7. The molecule has 1 saturated carbocycles. The highest BCUT2D eigenvalue weighted by atomic mass is 16.2. The Kier molecular flexibility index (Phi) is 8.18. The number of primary amides is 1. The van der Waals surface area contributed by atoms with Gasteiger partial charge in [0.2, 0.25) is 5.91 Å². The first-order valence-corrected chi connectivity index (χ1v) is 15.6. The average molecular weight is 567 g/mol. The molecule has 3 aromatic rings. The number of hydrogen-bond acceptors (Lipinski definition) is 3. The third-order valence-electron chi connectivity index (χ3n) is 10.1. The van der Waals surface area contributed by atoms with Crippen molar-refractivity contribution in [2.45, 2.75) is 64.0 Å². The second kappa shape index (κ2) is 12.2. The van der Waals surface area contributed by atoms with Crippen molar-refractivity contribution in [1.82, 2.24) is 14.4 Å². The SMILES string of the molecule is NC(=O)C[C@@H]1CCN(C(=O)N2CCC(Cn3ccc(-c4ccccc4)cc3=O)C3(CCCC3)C2)[C@H](c2ccccc2)C1. The largest absolute Gasteiger partial charge is 0.370 e. The van der Waals surface area contributed by atoms with Crippen LogP contribution in [0.2, 0.25) is 0 Å². The molecule has 220 valence electrons. The van der Waals surface area contributed by atoms with Crippen molar-refractivity contribution >= 4 is 11.9 Å². The van der Waals surface area contributed by atoms with Gasteiger partial charge >= 0.3 is 6.03 Å². The Labute approximate surface area is 248 Å². The molecular weight excluding hydrogens is 524 g/mol. The highest BCUT2D eigenvalue weighted by Crippen LogP contribution is 2.49. The smallest absolute Gasteiger partial charge is 0.320 e. The number of aromatic nitrogens is 1. The zero-order valence-electron chi connectivity index (χ0n) is 24.4. The van der Waals surface area contributed by atoms with Crippen molar-refractivity contribution in [2.24, 2.45) is 23.0 Å². The Hall–Kier alpha value is -3.87. The van der Waals surface area contributed by atoms with Crippen LogP contribution in [0.15, 0.2) is 83.8 Å². The summed E-state index contributed by atoms with van der Waals surface area (Å²) < 4.78 is 1.88. The molecule has 1 unspecified atom stereocenters. The minimum atomic E-state index is -0.273. The lowest BCUT2D eigenvalue weighted by Gasteiger charge is -2.49. The summed E-state index contributed by atoms with van der Waals surface area (Å²) >= 11 is 0. The molecule has 42 heavy (non-hydrogen) atoms. The lowest BCUT2D eigenvalue weighted by atomic mass is 9.69. The Balaban J connectivity index is 1.19. The molecular formula is C35H42N4O3. The number of nitrogens with two attached hydrogens (primary N) is 1. The first-order chi connectivity index (χ1) is 20.4. The zero-order valence-corrected chi connectivity index (χ0v) is 24.4.